The Morgan fingerprint density at radius 3 is 2.24 bits per heavy atom. The third kappa shape index (κ3) is 6.37. The van der Waals surface area contributed by atoms with Crippen LogP contribution in [0.3, 0.4) is 0 Å². The van der Waals surface area contributed by atoms with Gasteiger partial charge in [-0.05, 0) is 94.3 Å². The molecule has 7 aromatic rings. The summed E-state index contributed by atoms with van der Waals surface area (Å²) in [7, 11) is 0. The van der Waals surface area contributed by atoms with Gasteiger partial charge in [-0.15, -0.1) is 35.7 Å². The van der Waals surface area contributed by atoms with Crippen molar-refractivity contribution >= 4 is 21.8 Å². The van der Waals surface area contributed by atoms with Crippen molar-refractivity contribution in [3.63, 3.8) is 0 Å². The Morgan fingerprint density at radius 2 is 1.51 bits per heavy atom. The molecule has 0 aliphatic rings. The predicted octanol–water partition coefficient (Wildman–Crippen LogP) is 10.9. The van der Waals surface area contributed by atoms with Gasteiger partial charge in [0.15, 0.2) is 0 Å². The molecule has 0 radical (unpaired) electrons. The average Bonchev–Trinajstić information content (AvgIpc) is 3.63. The summed E-state index contributed by atoms with van der Waals surface area (Å²) in [5.74, 6) is 2.05. The maximum atomic E-state index is 6.40. The Morgan fingerprint density at radius 1 is 0.755 bits per heavy atom. The molecule has 0 N–H and O–H groups in total. The van der Waals surface area contributed by atoms with Gasteiger partial charge in [-0.2, -0.15) is 17.2 Å². The molecule has 250 valence electrons. The zero-order valence-electron chi connectivity index (χ0n) is 29.7. The van der Waals surface area contributed by atoms with Crippen molar-refractivity contribution in [3.8, 4) is 34.1 Å². The van der Waals surface area contributed by atoms with Crippen LogP contribution in [-0.4, -0.2) is 19.3 Å². The number of hydrogen-bond donors (Lipinski definition) is 0. The SMILES string of the molecule is Cc1ccnc(-n2c3[c-]c(Oc4[c-]c(-n5cc(-c6c(C)cc(C(C)(C)C)c(C(C)(C)C)c6C)cn5)ccc4)ccc3c3ccccc32)c1.[Pt+2]. The topological polar surface area (TPSA) is 44.9 Å². The first-order chi connectivity index (χ1) is 22.8. The van der Waals surface area contributed by atoms with Gasteiger partial charge in [0.05, 0.1) is 6.20 Å². The van der Waals surface area contributed by atoms with Crippen molar-refractivity contribution in [1.29, 1.82) is 0 Å². The second-order valence-corrected chi connectivity index (χ2v) is 14.9. The molecule has 0 amide bonds. The van der Waals surface area contributed by atoms with Crippen LogP contribution in [-0.2, 0) is 31.9 Å². The van der Waals surface area contributed by atoms with Gasteiger partial charge in [0.2, 0.25) is 0 Å². The Hall–Kier alpha value is -4.47. The zero-order valence-corrected chi connectivity index (χ0v) is 31.9. The fourth-order valence-electron chi connectivity index (χ4n) is 7.13. The van der Waals surface area contributed by atoms with E-state index < -0.39 is 0 Å². The van der Waals surface area contributed by atoms with E-state index >= 15 is 0 Å². The van der Waals surface area contributed by atoms with Crippen LogP contribution in [0.1, 0.15) is 69.4 Å². The van der Waals surface area contributed by atoms with Crippen LogP contribution in [0.15, 0.2) is 91.4 Å². The summed E-state index contributed by atoms with van der Waals surface area (Å²) in [6.07, 6.45) is 5.90. The maximum Gasteiger partial charge on any atom is 2.00 e. The number of pyridine rings is 1. The van der Waals surface area contributed by atoms with Crippen LogP contribution in [0.25, 0.3) is 44.4 Å². The van der Waals surface area contributed by atoms with Crippen LogP contribution < -0.4 is 4.74 Å². The minimum Gasteiger partial charge on any atom is -0.509 e. The number of para-hydroxylation sites is 1. The van der Waals surface area contributed by atoms with Gasteiger partial charge in [0, 0.05) is 35.0 Å². The van der Waals surface area contributed by atoms with Crippen LogP contribution >= 0.6 is 0 Å². The molecule has 5 nitrogen and oxygen atoms in total. The molecule has 4 aromatic carbocycles. The molecule has 0 spiro atoms. The Labute approximate surface area is 304 Å². The van der Waals surface area contributed by atoms with E-state index in [9.17, 15) is 0 Å². The van der Waals surface area contributed by atoms with Crippen LogP contribution in [0, 0.1) is 32.9 Å². The van der Waals surface area contributed by atoms with E-state index in [1.54, 1.807) is 0 Å². The quantitative estimate of drug-likeness (QED) is 0.162. The zero-order chi connectivity index (χ0) is 34.0. The summed E-state index contributed by atoms with van der Waals surface area (Å²) in [6.45, 7) is 20.4. The minimum absolute atomic E-state index is 0. The van der Waals surface area contributed by atoms with Crippen LogP contribution in [0.4, 0.5) is 0 Å². The standard InChI is InChI=1S/C43H42N4O.Pt/c1-27-19-20-44-39(21-27)47-37-16-11-10-15-34(37)35-18-17-33(24-38(35)47)48-32-14-12-13-31(23-32)46-26-30(25-45-46)40-28(2)22-36(42(4,5)6)41(29(40)3)43(7,8)9;/h10-22,25-26H,1-9H3;/q-2;+2. The number of nitrogens with zero attached hydrogens (tertiary/aromatic N) is 4. The Balaban J connectivity index is 0.00000417. The Kier molecular flexibility index (Phi) is 8.96. The summed E-state index contributed by atoms with van der Waals surface area (Å²) in [6, 6.07) is 31.8. The predicted molar refractivity (Wildman–Crippen MR) is 197 cm³/mol. The fourth-order valence-corrected chi connectivity index (χ4v) is 7.13. The largest absolute Gasteiger partial charge is 2.00 e. The van der Waals surface area contributed by atoms with Gasteiger partial charge in [-0.1, -0.05) is 71.3 Å². The van der Waals surface area contributed by atoms with Crippen molar-refractivity contribution in [1.82, 2.24) is 19.3 Å². The summed E-state index contributed by atoms with van der Waals surface area (Å²) >= 11 is 0. The molecule has 0 fully saturated rings. The van der Waals surface area contributed by atoms with Crippen molar-refractivity contribution in [2.24, 2.45) is 0 Å². The number of ether oxygens (including phenoxy) is 1. The molecular weight excluding hydrogens is 784 g/mol. The second kappa shape index (κ2) is 12.8. The van der Waals surface area contributed by atoms with E-state index in [2.05, 4.69) is 128 Å². The van der Waals surface area contributed by atoms with Gasteiger partial charge < -0.3 is 9.30 Å². The van der Waals surface area contributed by atoms with E-state index in [0.29, 0.717) is 11.5 Å². The van der Waals surface area contributed by atoms with E-state index in [1.165, 1.54) is 27.8 Å². The molecule has 0 aliphatic heterocycles. The van der Waals surface area contributed by atoms with Gasteiger partial charge in [-0.25, -0.2) is 4.98 Å². The van der Waals surface area contributed by atoms with Crippen molar-refractivity contribution < 1.29 is 25.8 Å². The smallest absolute Gasteiger partial charge is 0.509 e. The number of hydrogen-bond acceptors (Lipinski definition) is 3. The van der Waals surface area contributed by atoms with Crippen molar-refractivity contribution in [2.45, 2.75) is 73.1 Å². The van der Waals surface area contributed by atoms with E-state index in [4.69, 9.17) is 14.8 Å². The summed E-state index contributed by atoms with van der Waals surface area (Å²) in [5, 5.41) is 7.03. The molecule has 0 unspecified atom stereocenters. The van der Waals surface area contributed by atoms with Crippen molar-refractivity contribution in [2.75, 3.05) is 0 Å². The number of fused-ring (bicyclic) bond motifs is 3. The number of rotatable bonds is 5. The average molecular weight is 826 g/mol. The molecule has 6 heteroatoms. The molecule has 3 aromatic heterocycles. The minimum atomic E-state index is 0. The Bertz CT molecular complexity index is 2330. The van der Waals surface area contributed by atoms with Crippen molar-refractivity contribution in [3.05, 3.63) is 131 Å². The van der Waals surface area contributed by atoms with E-state index in [1.807, 2.05) is 47.4 Å². The molecule has 0 saturated carbocycles. The first kappa shape index (κ1) is 34.4. The van der Waals surface area contributed by atoms with Gasteiger partial charge >= 0.3 is 21.1 Å². The van der Waals surface area contributed by atoms with Crippen LogP contribution in [0.2, 0.25) is 0 Å². The van der Waals surface area contributed by atoms with E-state index in [-0.39, 0.29) is 31.9 Å². The molecule has 0 saturated heterocycles. The number of aromatic nitrogens is 4. The molecule has 49 heavy (non-hydrogen) atoms. The van der Waals surface area contributed by atoms with E-state index in [0.717, 1.165) is 44.4 Å². The molecule has 0 bridgehead atoms. The summed E-state index contributed by atoms with van der Waals surface area (Å²) in [4.78, 5) is 4.69. The summed E-state index contributed by atoms with van der Waals surface area (Å²) < 4.78 is 10.4. The molecule has 0 atom stereocenters. The monoisotopic (exact) mass is 825 g/mol. The first-order valence-corrected chi connectivity index (χ1v) is 16.6. The van der Waals surface area contributed by atoms with Gasteiger partial charge in [0.1, 0.15) is 5.82 Å². The molecule has 3 heterocycles. The molecular formula is C43H42N4OPt. The first-order valence-electron chi connectivity index (χ1n) is 16.6. The second-order valence-electron chi connectivity index (χ2n) is 14.9. The molecule has 7 rings (SSSR count). The normalized spacial score (nSPS) is 12.0. The van der Waals surface area contributed by atoms with Gasteiger partial charge in [0.25, 0.3) is 0 Å². The fraction of sp³-hybridized carbons (Fsp3) is 0.256. The third-order valence-corrected chi connectivity index (χ3v) is 9.11. The number of benzene rings is 4. The maximum absolute atomic E-state index is 6.40. The summed E-state index contributed by atoms with van der Waals surface area (Å²) in [5.41, 5.74) is 11.7. The molecule has 0 aliphatic carbocycles. The van der Waals surface area contributed by atoms with Gasteiger partial charge in [-0.3, -0.25) is 4.68 Å². The third-order valence-electron chi connectivity index (χ3n) is 9.11. The number of aryl methyl sites for hydroxylation is 2. The van der Waals surface area contributed by atoms with Crippen LogP contribution in [0.5, 0.6) is 11.5 Å².